The van der Waals surface area contributed by atoms with Crippen LogP contribution in [-0.4, -0.2) is 49.5 Å². The fraction of sp³-hybridized carbons (Fsp3) is 0.882. The predicted molar refractivity (Wildman–Crippen MR) is 106 cm³/mol. The zero-order valence-corrected chi connectivity index (χ0v) is 17.1. The Morgan fingerprint density at radius 3 is 2.74 bits per heavy atom. The fourth-order valence-corrected chi connectivity index (χ4v) is 3.70. The summed E-state index contributed by atoms with van der Waals surface area (Å²) >= 11 is 0. The molecule has 23 heavy (non-hydrogen) atoms. The second-order valence-corrected chi connectivity index (χ2v) is 6.91. The maximum atomic E-state index is 11.7. The summed E-state index contributed by atoms with van der Waals surface area (Å²) in [4.78, 5) is 18.0. The molecule has 5 nitrogen and oxygen atoms in total. The van der Waals surface area contributed by atoms with Gasteiger partial charge in [0.15, 0.2) is 5.96 Å². The number of hydrogen-bond donors (Lipinski definition) is 2. The summed E-state index contributed by atoms with van der Waals surface area (Å²) in [6.45, 7) is 6.95. The number of likely N-dealkylation sites (tertiary alicyclic amines) is 1. The van der Waals surface area contributed by atoms with E-state index in [1.54, 1.807) is 0 Å². The van der Waals surface area contributed by atoms with Crippen molar-refractivity contribution < 1.29 is 4.79 Å². The third-order valence-corrected chi connectivity index (χ3v) is 5.01. The molecule has 134 valence electrons. The average Bonchev–Trinajstić information content (AvgIpc) is 2.99. The quantitative estimate of drug-likeness (QED) is 0.405. The lowest BCUT2D eigenvalue weighted by Gasteiger charge is -2.28. The van der Waals surface area contributed by atoms with Crippen LogP contribution >= 0.6 is 24.0 Å². The van der Waals surface area contributed by atoms with Gasteiger partial charge in [-0.25, -0.2) is 0 Å². The molecule has 1 saturated carbocycles. The Balaban J connectivity index is 0.00000264. The minimum Gasteiger partial charge on any atom is -0.356 e. The van der Waals surface area contributed by atoms with Crippen LogP contribution in [0.3, 0.4) is 0 Å². The van der Waals surface area contributed by atoms with E-state index >= 15 is 0 Å². The lowest BCUT2D eigenvalue weighted by atomic mass is 9.82. The van der Waals surface area contributed by atoms with Crippen molar-refractivity contribution in [2.75, 3.05) is 26.7 Å². The van der Waals surface area contributed by atoms with E-state index in [-0.39, 0.29) is 29.9 Å². The highest BCUT2D eigenvalue weighted by Crippen LogP contribution is 2.27. The molecule has 1 saturated heterocycles. The summed E-state index contributed by atoms with van der Waals surface area (Å²) in [5.74, 6) is 2.76. The van der Waals surface area contributed by atoms with E-state index in [2.05, 4.69) is 22.5 Å². The van der Waals surface area contributed by atoms with Gasteiger partial charge in [-0.3, -0.25) is 9.79 Å². The van der Waals surface area contributed by atoms with Gasteiger partial charge in [0.2, 0.25) is 5.91 Å². The van der Waals surface area contributed by atoms with Crippen molar-refractivity contribution in [3.05, 3.63) is 0 Å². The summed E-state index contributed by atoms with van der Waals surface area (Å²) in [6, 6.07) is 0.326. The zero-order valence-electron chi connectivity index (χ0n) is 14.8. The molecule has 0 aromatic carbocycles. The number of nitrogens with one attached hydrogen (secondary N) is 2. The van der Waals surface area contributed by atoms with Gasteiger partial charge in [0, 0.05) is 39.1 Å². The van der Waals surface area contributed by atoms with Crippen LogP contribution < -0.4 is 10.6 Å². The van der Waals surface area contributed by atoms with Gasteiger partial charge >= 0.3 is 0 Å². The number of hydrogen-bond acceptors (Lipinski definition) is 2. The van der Waals surface area contributed by atoms with E-state index in [1.807, 2.05) is 18.9 Å². The van der Waals surface area contributed by atoms with E-state index in [4.69, 9.17) is 0 Å². The van der Waals surface area contributed by atoms with Crippen molar-refractivity contribution in [3.8, 4) is 0 Å². The maximum absolute atomic E-state index is 11.7. The summed E-state index contributed by atoms with van der Waals surface area (Å²) in [5, 5.41) is 6.95. The zero-order chi connectivity index (χ0) is 15.9. The van der Waals surface area contributed by atoms with E-state index in [9.17, 15) is 4.79 Å². The maximum Gasteiger partial charge on any atom is 0.222 e. The van der Waals surface area contributed by atoms with Gasteiger partial charge in [-0.15, -0.1) is 24.0 Å². The first-order chi connectivity index (χ1) is 10.6. The number of amides is 1. The summed E-state index contributed by atoms with van der Waals surface area (Å²) in [7, 11) is 1.82. The minimum atomic E-state index is 0. The van der Waals surface area contributed by atoms with E-state index in [1.165, 1.54) is 25.7 Å². The highest BCUT2D eigenvalue weighted by molar-refractivity contribution is 14.0. The molecule has 2 aliphatic rings. The lowest BCUT2D eigenvalue weighted by molar-refractivity contribution is -0.129. The SMILES string of the molecule is CCC(=O)N1CCC(NC(=NC)NCC2CCCC(C)C2)C1.I. The second kappa shape index (κ2) is 10.4. The first-order valence-electron chi connectivity index (χ1n) is 8.87. The number of rotatable bonds is 4. The summed E-state index contributed by atoms with van der Waals surface area (Å²) in [5.41, 5.74) is 0. The summed E-state index contributed by atoms with van der Waals surface area (Å²) < 4.78 is 0. The predicted octanol–water partition coefficient (Wildman–Crippen LogP) is 2.61. The molecule has 6 heteroatoms. The van der Waals surface area contributed by atoms with Crippen LogP contribution in [0.4, 0.5) is 0 Å². The Kier molecular flexibility index (Phi) is 9.24. The van der Waals surface area contributed by atoms with Gasteiger partial charge in [-0.05, 0) is 31.1 Å². The topological polar surface area (TPSA) is 56.7 Å². The van der Waals surface area contributed by atoms with Gasteiger partial charge in [0.25, 0.3) is 0 Å². The number of aliphatic imine (C=N–C) groups is 1. The molecule has 2 rings (SSSR count). The van der Waals surface area contributed by atoms with Crippen LogP contribution in [0.1, 0.15) is 52.4 Å². The number of halogens is 1. The van der Waals surface area contributed by atoms with Crippen molar-refractivity contribution in [2.45, 2.75) is 58.4 Å². The molecule has 0 aromatic heterocycles. The molecule has 2 fully saturated rings. The molecule has 0 radical (unpaired) electrons. The van der Waals surface area contributed by atoms with Crippen molar-refractivity contribution >= 4 is 35.8 Å². The molecule has 1 amide bonds. The Bertz CT molecular complexity index is 402. The molecule has 0 aromatic rings. The van der Waals surface area contributed by atoms with Crippen molar-refractivity contribution in [1.29, 1.82) is 0 Å². The molecular weight excluding hydrogens is 403 g/mol. The third kappa shape index (κ3) is 6.47. The number of nitrogens with zero attached hydrogens (tertiary/aromatic N) is 2. The van der Waals surface area contributed by atoms with E-state index in [0.717, 1.165) is 43.9 Å². The van der Waals surface area contributed by atoms with Gasteiger partial charge in [-0.1, -0.05) is 26.7 Å². The standard InChI is InChI=1S/C17H32N4O.HI/c1-4-16(22)21-9-8-15(12-21)20-17(18-3)19-11-14-7-5-6-13(2)10-14;/h13-15H,4-12H2,1-3H3,(H2,18,19,20);1H. The van der Waals surface area contributed by atoms with Crippen LogP contribution in [-0.2, 0) is 4.79 Å². The van der Waals surface area contributed by atoms with E-state index in [0.29, 0.717) is 12.5 Å². The number of carbonyl (C=O) groups excluding carboxylic acids is 1. The Morgan fingerprint density at radius 1 is 1.30 bits per heavy atom. The Morgan fingerprint density at radius 2 is 2.09 bits per heavy atom. The Labute approximate surface area is 158 Å². The van der Waals surface area contributed by atoms with E-state index < -0.39 is 0 Å². The molecule has 1 heterocycles. The molecule has 1 aliphatic heterocycles. The molecule has 2 N–H and O–H groups in total. The van der Waals surface area contributed by atoms with Crippen molar-refractivity contribution in [3.63, 3.8) is 0 Å². The number of guanidine groups is 1. The lowest BCUT2D eigenvalue weighted by Crippen LogP contribution is -2.46. The second-order valence-electron chi connectivity index (χ2n) is 6.91. The van der Waals surface area contributed by atoms with Gasteiger partial charge in [0.05, 0.1) is 0 Å². The van der Waals surface area contributed by atoms with Crippen molar-refractivity contribution in [2.24, 2.45) is 16.8 Å². The minimum absolute atomic E-state index is 0. The average molecular weight is 436 g/mol. The van der Waals surface area contributed by atoms with Crippen LogP contribution in [0.5, 0.6) is 0 Å². The van der Waals surface area contributed by atoms with Crippen LogP contribution in [0.25, 0.3) is 0 Å². The third-order valence-electron chi connectivity index (χ3n) is 5.01. The first-order valence-corrected chi connectivity index (χ1v) is 8.87. The van der Waals surface area contributed by atoms with Gasteiger partial charge < -0.3 is 15.5 Å². The van der Waals surface area contributed by atoms with Crippen LogP contribution in [0, 0.1) is 11.8 Å². The van der Waals surface area contributed by atoms with Crippen molar-refractivity contribution in [1.82, 2.24) is 15.5 Å². The highest BCUT2D eigenvalue weighted by atomic mass is 127. The highest BCUT2D eigenvalue weighted by Gasteiger charge is 2.26. The van der Waals surface area contributed by atoms with Crippen LogP contribution in [0.15, 0.2) is 4.99 Å². The monoisotopic (exact) mass is 436 g/mol. The smallest absolute Gasteiger partial charge is 0.222 e. The fourth-order valence-electron chi connectivity index (χ4n) is 3.70. The van der Waals surface area contributed by atoms with Gasteiger partial charge in [-0.2, -0.15) is 0 Å². The molecule has 0 spiro atoms. The molecule has 3 unspecified atom stereocenters. The normalized spacial score (nSPS) is 28.2. The molecule has 0 bridgehead atoms. The summed E-state index contributed by atoms with van der Waals surface area (Å²) in [6.07, 6.45) is 7.00. The molecule has 1 aliphatic carbocycles. The Hall–Kier alpha value is -0.530. The number of carbonyl (C=O) groups is 1. The van der Waals surface area contributed by atoms with Gasteiger partial charge in [0.1, 0.15) is 0 Å². The molecular formula is C17H33IN4O. The van der Waals surface area contributed by atoms with Crippen LogP contribution in [0.2, 0.25) is 0 Å². The molecule has 3 atom stereocenters. The first kappa shape index (κ1) is 20.5. The largest absolute Gasteiger partial charge is 0.356 e.